The molecule has 5 heteroatoms. The van der Waals surface area contributed by atoms with Gasteiger partial charge in [0.05, 0.1) is 11.3 Å². The van der Waals surface area contributed by atoms with E-state index >= 15 is 0 Å². The fourth-order valence-electron chi connectivity index (χ4n) is 2.86. The third-order valence-corrected chi connectivity index (χ3v) is 4.10. The molecule has 1 amide bonds. The maximum absolute atomic E-state index is 12.5. The number of carboxylic acids is 1. The van der Waals surface area contributed by atoms with Gasteiger partial charge in [0.2, 0.25) is 0 Å². The first-order chi connectivity index (χ1) is 11.6. The molecule has 24 heavy (non-hydrogen) atoms. The first kappa shape index (κ1) is 16.1. The Morgan fingerprint density at radius 1 is 1.21 bits per heavy atom. The fourth-order valence-corrected chi connectivity index (χ4v) is 2.86. The summed E-state index contributed by atoms with van der Waals surface area (Å²) in [4.78, 5) is 25.3. The Labute approximate surface area is 140 Å². The smallest absolute Gasteiger partial charge is 0.335 e. The predicted octanol–water partition coefficient (Wildman–Crippen LogP) is 3.13. The molecule has 124 valence electrons. The Balaban J connectivity index is 1.79. The van der Waals surface area contributed by atoms with E-state index in [1.165, 1.54) is 17.7 Å². The number of nitrogens with zero attached hydrogens (tertiary/aromatic N) is 1. The quantitative estimate of drug-likeness (QED) is 0.917. The van der Waals surface area contributed by atoms with Gasteiger partial charge in [0.25, 0.3) is 5.91 Å². The van der Waals surface area contributed by atoms with Gasteiger partial charge in [0, 0.05) is 6.54 Å². The summed E-state index contributed by atoms with van der Waals surface area (Å²) in [5.41, 5.74) is 1.89. The zero-order valence-corrected chi connectivity index (χ0v) is 13.4. The number of benzene rings is 2. The van der Waals surface area contributed by atoms with E-state index in [0.717, 1.165) is 12.8 Å². The van der Waals surface area contributed by atoms with Gasteiger partial charge in [0.15, 0.2) is 6.10 Å². The minimum atomic E-state index is -1.02. The summed E-state index contributed by atoms with van der Waals surface area (Å²) in [6.07, 6.45) is 1.08. The highest BCUT2D eigenvalue weighted by molar-refractivity contribution is 6.01. The number of carbonyl (C=O) groups excluding carboxylic acids is 1. The average Bonchev–Trinajstić information content (AvgIpc) is 2.58. The van der Waals surface area contributed by atoms with Crippen LogP contribution in [-0.4, -0.2) is 29.6 Å². The van der Waals surface area contributed by atoms with Crippen LogP contribution >= 0.6 is 0 Å². The number of hydrogen-bond acceptors (Lipinski definition) is 3. The van der Waals surface area contributed by atoms with Gasteiger partial charge in [-0.25, -0.2) is 4.79 Å². The molecule has 0 aliphatic carbocycles. The zero-order chi connectivity index (χ0) is 17.1. The lowest BCUT2D eigenvalue weighted by Crippen LogP contribution is -2.45. The van der Waals surface area contributed by atoms with Gasteiger partial charge in [-0.05, 0) is 43.5 Å². The average molecular weight is 325 g/mol. The summed E-state index contributed by atoms with van der Waals surface area (Å²) in [5, 5.41) is 9.17. The molecule has 5 nitrogen and oxygen atoms in total. The van der Waals surface area contributed by atoms with E-state index in [9.17, 15) is 14.7 Å². The molecule has 1 N–H and O–H groups in total. The maximum atomic E-state index is 12.5. The molecular formula is C19H19NO4. The van der Waals surface area contributed by atoms with Crippen LogP contribution in [0, 0.1) is 0 Å². The number of fused-ring (bicyclic) bond motifs is 1. The number of ether oxygens (including phenoxy) is 1. The van der Waals surface area contributed by atoms with Crippen LogP contribution in [-0.2, 0) is 11.2 Å². The molecule has 1 heterocycles. The first-order valence-corrected chi connectivity index (χ1v) is 7.95. The lowest BCUT2D eigenvalue weighted by atomic mass is 10.1. The van der Waals surface area contributed by atoms with Gasteiger partial charge >= 0.3 is 5.97 Å². The molecule has 0 saturated heterocycles. The second-order valence-electron chi connectivity index (χ2n) is 5.83. The van der Waals surface area contributed by atoms with Gasteiger partial charge in [-0.3, -0.25) is 4.79 Å². The number of hydrogen-bond donors (Lipinski definition) is 1. The van der Waals surface area contributed by atoms with E-state index in [-0.39, 0.29) is 11.5 Å². The molecule has 2 aromatic rings. The molecule has 3 rings (SSSR count). The lowest BCUT2D eigenvalue weighted by molar-refractivity contribution is -0.125. The monoisotopic (exact) mass is 325 g/mol. The number of amides is 1. The number of carbonyl (C=O) groups is 2. The van der Waals surface area contributed by atoms with Crippen LogP contribution in [0.15, 0.2) is 48.5 Å². The van der Waals surface area contributed by atoms with Crippen molar-refractivity contribution in [2.45, 2.75) is 25.9 Å². The van der Waals surface area contributed by atoms with Crippen molar-refractivity contribution < 1.29 is 19.4 Å². The summed E-state index contributed by atoms with van der Waals surface area (Å²) >= 11 is 0. The molecule has 0 radical (unpaired) electrons. The molecular weight excluding hydrogens is 306 g/mol. The minimum Gasteiger partial charge on any atom is -0.479 e. The van der Waals surface area contributed by atoms with Crippen LogP contribution in [0.3, 0.4) is 0 Å². The summed E-state index contributed by atoms with van der Waals surface area (Å²) in [6.45, 7) is 2.23. The largest absolute Gasteiger partial charge is 0.479 e. The summed E-state index contributed by atoms with van der Waals surface area (Å²) in [6, 6.07) is 14.7. The van der Waals surface area contributed by atoms with Crippen LogP contribution in [0.5, 0.6) is 5.75 Å². The highest BCUT2D eigenvalue weighted by atomic mass is 16.5. The van der Waals surface area contributed by atoms with Crippen LogP contribution in [0.2, 0.25) is 0 Å². The fraction of sp³-hybridized carbons (Fsp3) is 0.263. The predicted molar refractivity (Wildman–Crippen MR) is 90.6 cm³/mol. The van der Waals surface area contributed by atoms with Crippen molar-refractivity contribution in [1.29, 1.82) is 0 Å². The Kier molecular flexibility index (Phi) is 4.51. The van der Waals surface area contributed by atoms with Crippen LogP contribution < -0.4 is 9.64 Å². The lowest BCUT2D eigenvalue weighted by Gasteiger charge is -2.33. The SMILES string of the molecule is CC1Oc2ccc(C(=O)O)cc2N(CCCc2ccccc2)C1=O. The Hall–Kier alpha value is -2.82. The van der Waals surface area contributed by atoms with Crippen molar-refractivity contribution in [3.8, 4) is 5.75 Å². The van der Waals surface area contributed by atoms with Crippen molar-refractivity contribution in [3.05, 3.63) is 59.7 Å². The van der Waals surface area contributed by atoms with Crippen LogP contribution in [0.1, 0.15) is 29.3 Å². The van der Waals surface area contributed by atoms with Gasteiger partial charge in [-0.15, -0.1) is 0 Å². The van der Waals surface area contributed by atoms with Gasteiger partial charge < -0.3 is 14.7 Å². The van der Waals surface area contributed by atoms with Crippen LogP contribution in [0.25, 0.3) is 0 Å². The Morgan fingerprint density at radius 3 is 2.67 bits per heavy atom. The highest BCUT2D eigenvalue weighted by Gasteiger charge is 2.31. The first-order valence-electron chi connectivity index (χ1n) is 7.95. The van der Waals surface area contributed by atoms with Crippen molar-refractivity contribution in [2.75, 3.05) is 11.4 Å². The highest BCUT2D eigenvalue weighted by Crippen LogP contribution is 2.35. The topological polar surface area (TPSA) is 66.8 Å². The summed E-state index contributed by atoms with van der Waals surface area (Å²) in [7, 11) is 0. The van der Waals surface area contributed by atoms with E-state index in [2.05, 4.69) is 12.1 Å². The van der Waals surface area contributed by atoms with Crippen LogP contribution in [0.4, 0.5) is 5.69 Å². The maximum Gasteiger partial charge on any atom is 0.335 e. The second kappa shape index (κ2) is 6.74. The standard InChI is InChI=1S/C19H19NO4/c1-13-18(21)20(11-5-8-14-6-3-2-4-7-14)16-12-15(19(22)23)9-10-17(16)24-13/h2-4,6-7,9-10,12-13H,5,8,11H2,1H3,(H,22,23). The zero-order valence-electron chi connectivity index (χ0n) is 13.4. The summed E-state index contributed by atoms with van der Waals surface area (Å²) < 4.78 is 5.59. The van der Waals surface area contributed by atoms with Crippen molar-refractivity contribution >= 4 is 17.6 Å². The van der Waals surface area contributed by atoms with E-state index in [0.29, 0.717) is 18.0 Å². The van der Waals surface area contributed by atoms with E-state index in [1.54, 1.807) is 17.9 Å². The van der Waals surface area contributed by atoms with Gasteiger partial charge in [-0.2, -0.15) is 0 Å². The number of aryl methyl sites for hydroxylation is 1. The van der Waals surface area contributed by atoms with Crippen molar-refractivity contribution in [1.82, 2.24) is 0 Å². The molecule has 0 spiro atoms. The molecule has 1 aliphatic rings. The van der Waals surface area contributed by atoms with Gasteiger partial charge in [-0.1, -0.05) is 30.3 Å². The molecule has 2 aromatic carbocycles. The van der Waals surface area contributed by atoms with Crippen molar-refractivity contribution in [2.24, 2.45) is 0 Å². The minimum absolute atomic E-state index is 0.141. The molecule has 1 aliphatic heterocycles. The third kappa shape index (κ3) is 3.25. The number of anilines is 1. The second-order valence-corrected chi connectivity index (χ2v) is 5.83. The Bertz CT molecular complexity index is 757. The molecule has 0 bridgehead atoms. The Morgan fingerprint density at radius 2 is 1.96 bits per heavy atom. The van der Waals surface area contributed by atoms with E-state index < -0.39 is 12.1 Å². The van der Waals surface area contributed by atoms with Crippen molar-refractivity contribution in [3.63, 3.8) is 0 Å². The van der Waals surface area contributed by atoms with E-state index in [1.807, 2.05) is 18.2 Å². The van der Waals surface area contributed by atoms with Gasteiger partial charge in [0.1, 0.15) is 5.75 Å². The molecule has 0 fully saturated rings. The summed E-state index contributed by atoms with van der Waals surface area (Å²) in [5.74, 6) is -0.613. The molecule has 1 atom stereocenters. The number of aromatic carboxylic acids is 1. The normalized spacial score (nSPS) is 16.5. The van der Waals surface area contributed by atoms with E-state index in [4.69, 9.17) is 4.74 Å². The number of carboxylic acid groups (broad SMARTS) is 1. The molecule has 1 unspecified atom stereocenters. The number of rotatable bonds is 5. The molecule has 0 aromatic heterocycles. The molecule has 0 saturated carbocycles. The third-order valence-electron chi connectivity index (χ3n) is 4.10.